The van der Waals surface area contributed by atoms with Gasteiger partial charge in [0.2, 0.25) is 0 Å². The van der Waals surface area contributed by atoms with Gasteiger partial charge in [-0.3, -0.25) is 4.79 Å². The molecule has 1 fully saturated rings. The van der Waals surface area contributed by atoms with E-state index in [1.165, 1.54) is 5.69 Å². The van der Waals surface area contributed by atoms with Gasteiger partial charge in [0.1, 0.15) is 6.29 Å². The topological polar surface area (TPSA) is 23.6 Å². The molecule has 0 atom stereocenters. The Morgan fingerprint density at radius 3 is 2.19 bits per heavy atom. The number of aldehydes is 1. The highest BCUT2D eigenvalue weighted by Gasteiger charge is 2.18. The zero-order valence-electron chi connectivity index (χ0n) is 11.7. The molecule has 0 spiro atoms. The third-order valence-electron chi connectivity index (χ3n) is 3.85. The van der Waals surface area contributed by atoms with Crippen molar-refractivity contribution < 1.29 is 4.79 Å². The van der Waals surface area contributed by atoms with Gasteiger partial charge >= 0.3 is 0 Å². The predicted octanol–water partition coefficient (Wildman–Crippen LogP) is 3.59. The molecule has 1 aliphatic rings. The van der Waals surface area contributed by atoms with Crippen molar-refractivity contribution >= 4 is 33.6 Å². The predicted molar refractivity (Wildman–Crippen MR) is 90.4 cm³/mol. The van der Waals surface area contributed by atoms with Gasteiger partial charge < -0.3 is 9.80 Å². The van der Waals surface area contributed by atoms with Crippen LogP contribution in [-0.2, 0) is 0 Å². The van der Waals surface area contributed by atoms with Crippen molar-refractivity contribution in [3.05, 3.63) is 58.6 Å². The largest absolute Gasteiger partial charge is 0.368 e. The van der Waals surface area contributed by atoms with Crippen molar-refractivity contribution in [3.63, 3.8) is 0 Å². The van der Waals surface area contributed by atoms with Crippen LogP contribution in [0.3, 0.4) is 0 Å². The fourth-order valence-electron chi connectivity index (χ4n) is 2.70. The number of anilines is 2. The fraction of sp³-hybridized carbons (Fsp3) is 0.235. The molecule has 21 heavy (non-hydrogen) atoms. The molecule has 0 bridgehead atoms. The van der Waals surface area contributed by atoms with Gasteiger partial charge in [-0.05, 0) is 46.3 Å². The normalized spacial score (nSPS) is 15.1. The molecule has 0 radical (unpaired) electrons. The summed E-state index contributed by atoms with van der Waals surface area (Å²) in [7, 11) is 0. The summed E-state index contributed by atoms with van der Waals surface area (Å²) >= 11 is 3.57. The van der Waals surface area contributed by atoms with Crippen LogP contribution in [0.1, 0.15) is 10.4 Å². The Bertz CT molecular complexity index is 622. The Hall–Kier alpha value is -1.81. The summed E-state index contributed by atoms with van der Waals surface area (Å²) in [5, 5.41) is 0. The number of hydrogen-bond acceptors (Lipinski definition) is 3. The van der Waals surface area contributed by atoms with E-state index in [1.54, 1.807) is 0 Å². The highest BCUT2D eigenvalue weighted by molar-refractivity contribution is 9.10. The summed E-state index contributed by atoms with van der Waals surface area (Å²) < 4.78 is 0.986. The maximum Gasteiger partial charge on any atom is 0.150 e. The van der Waals surface area contributed by atoms with Gasteiger partial charge in [-0.25, -0.2) is 0 Å². The Balaban J connectivity index is 1.70. The van der Waals surface area contributed by atoms with E-state index in [0.717, 1.165) is 42.6 Å². The lowest BCUT2D eigenvalue weighted by molar-refractivity contribution is 0.112. The standard InChI is InChI=1S/C17H17BrN2O/c18-16-12-14(13-21)6-7-17(16)20-10-8-19(9-11-20)15-4-2-1-3-5-15/h1-7,12-13H,8-11H2. The minimum Gasteiger partial charge on any atom is -0.368 e. The Morgan fingerprint density at radius 2 is 1.57 bits per heavy atom. The first kappa shape index (κ1) is 14.1. The van der Waals surface area contributed by atoms with Crippen LogP contribution in [0.15, 0.2) is 53.0 Å². The number of nitrogens with zero attached hydrogens (tertiary/aromatic N) is 2. The molecule has 0 aliphatic carbocycles. The van der Waals surface area contributed by atoms with Crippen LogP contribution < -0.4 is 9.80 Å². The number of carbonyl (C=O) groups is 1. The van der Waals surface area contributed by atoms with Crippen LogP contribution >= 0.6 is 15.9 Å². The van der Waals surface area contributed by atoms with Crippen LogP contribution in [0.25, 0.3) is 0 Å². The lowest BCUT2D eigenvalue weighted by Gasteiger charge is -2.37. The van der Waals surface area contributed by atoms with Crippen LogP contribution in [0.2, 0.25) is 0 Å². The van der Waals surface area contributed by atoms with Gasteiger partial charge in [0, 0.05) is 41.9 Å². The molecule has 0 N–H and O–H groups in total. The quantitative estimate of drug-likeness (QED) is 0.795. The first-order valence-corrected chi connectivity index (χ1v) is 7.87. The molecule has 2 aromatic rings. The van der Waals surface area contributed by atoms with E-state index in [0.29, 0.717) is 5.56 Å². The number of halogens is 1. The first-order chi connectivity index (χ1) is 10.3. The summed E-state index contributed by atoms with van der Waals surface area (Å²) in [5.74, 6) is 0. The van der Waals surface area contributed by atoms with Gasteiger partial charge in [-0.1, -0.05) is 18.2 Å². The Morgan fingerprint density at radius 1 is 0.905 bits per heavy atom. The monoisotopic (exact) mass is 344 g/mol. The van der Waals surface area contributed by atoms with Crippen molar-refractivity contribution in [2.45, 2.75) is 0 Å². The number of piperazine rings is 1. The van der Waals surface area contributed by atoms with Gasteiger partial charge in [0.15, 0.2) is 0 Å². The zero-order chi connectivity index (χ0) is 14.7. The number of benzene rings is 2. The van der Waals surface area contributed by atoms with Crippen molar-refractivity contribution in [1.29, 1.82) is 0 Å². The third kappa shape index (κ3) is 3.10. The zero-order valence-corrected chi connectivity index (χ0v) is 13.3. The van der Waals surface area contributed by atoms with Crippen molar-refractivity contribution in [3.8, 4) is 0 Å². The van der Waals surface area contributed by atoms with E-state index in [4.69, 9.17) is 0 Å². The molecule has 1 heterocycles. The van der Waals surface area contributed by atoms with Gasteiger partial charge in [0.25, 0.3) is 0 Å². The summed E-state index contributed by atoms with van der Waals surface area (Å²) in [6.07, 6.45) is 0.877. The molecule has 0 aromatic heterocycles. The van der Waals surface area contributed by atoms with Gasteiger partial charge in [-0.2, -0.15) is 0 Å². The molecule has 0 amide bonds. The van der Waals surface area contributed by atoms with Crippen LogP contribution in [0.5, 0.6) is 0 Å². The molecule has 0 unspecified atom stereocenters. The Kier molecular flexibility index (Phi) is 4.25. The van der Waals surface area contributed by atoms with Crippen LogP contribution in [0, 0.1) is 0 Å². The lowest BCUT2D eigenvalue weighted by Crippen LogP contribution is -2.46. The minimum atomic E-state index is 0.702. The summed E-state index contributed by atoms with van der Waals surface area (Å²) in [5.41, 5.74) is 3.15. The highest BCUT2D eigenvalue weighted by Crippen LogP contribution is 2.28. The molecule has 1 aliphatic heterocycles. The number of carbonyl (C=O) groups excluding carboxylic acids is 1. The Labute approximate surface area is 133 Å². The summed E-state index contributed by atoms with van der Waals surface area (Å²) in [6, 6.07) is 16.3. The molecule has 0 saturated carbocycles. The molecule has 3 nitrogen and oxygen atoms in total. The fourth-order valence-corrected chi connectivity index (χ4v) is 3.34. The molecular formula is C17H17BrN2O. The lowest BCUT2D eigenvalue weighted by atomic mass is 10.2. The highest BCUT2D eigenvalue weighted by atomic mass is 79.9. The first-order valence-electron chi connectivity index (χ1n) is 7.07. The van der Waals surface area contributed by atoms with Crippen molar-refractivity contribution in [2.24, 2.45) is 0 Å². The van der Waals surface area contributed by atoms with E-state index in [-0.39, 0.29) is 0 Å². The maximum atomic E-state index is 10.8. The van der Waals surface area contributed by atoms with E-state index in [2.05, 4.69) is 50.0 Å². The molecule has 3 rings (SSSR count). The van der Waals surface area contributed by atoms with Crippen molar-refractivity contribution in [1.82, 2.24) is 0 Å². The second kappa shape index (κ2) is 6.31. The molecule has 108 valence electrons. The van der Waals surface area contributed by atoms with Gasteiger partial charge in [0.05, 0.1) is 5.69 Å². The molecular weight excluding hydrogens is 328 g/mol. The average molecular weight is 345 g/mol. The number of para-hydroxylation sites is 1. The molecule has 4 heteroatoms. The van der Waals surface area contributed by atoms with E-state index >= 15 is 0 Å². The summed E-state index contributed by atoms with van der Waals surface area (Å²) in [6.45, 7) is 3.97. The average Bonchev–Trinajstić information content (AvgIpc) is 2.56. The van der Waals surface area contributed by atoms with E-state index < -0.39 is 0 Å². The SMILES string of the molecule is O=Cc1ccc(N2CCN(c3ccccc3)CC2)c(Br)c1. The van der Waals surface area contributed by atoms with E-state index in [9.17, 15) is 4.79 Å². The van der Waals surface area contributed by atoms with Crippen LogP contribution in [-0.4, -0.2) is 32.5 Å². The second-order valence-electron chi connectivity index (χ2n) is 5.14. The molecule has 2 aromatic carbocycles. The van der Waals surface area contributed by atoms with Crippen LogP contribution in [0.4, 0.5) is 11.4 Å². The third-order valence-corrected chi connectivity index (χ3v) is 4.48. The maximum absolute atomic E-state index is 10.8. The number of hydrogen-bond donors (Lipinski definition) is 0. The smallest absolute Gasteiger partial charge is 0.150 e. The summed E-state index contributed by atoms with van der Waals surface area (Å²) in [4.78, 5) is 15.6. The van der Waals surface area contributed by atoms with Crippen molar-refractivity contribution in [2.75, 3.05) is 36.0 Å². The van der Waals surface area contributed by atoms with E-state index in [1.807, 2.05) is 24.3 Å². The second-order valence-corrected chi connectivity index (χ2v) is 5.99. The number of rotatable bonds is 3. The van der Waals surface area contributed by atoms with Gasteiger partial charge in [-0.15, -0.1) is 0 Å². The minimum absolute atomic E-state index is 0.702. The molecule has 1 saturated heterocycles.